The molecule has 0 radical (unpaired) electrons. The lowest BCUT2D eigenvalue weighted by atomic mass is 10.1. The number of nitrogens with one attached hydrogen (secondary N) is 2. The second kappa shape index (κ2) is 16.8. The molecule has 7 heteroatoms. The highest BCUT2D eigenvalue weighted by Gasteiger charge is 2.25. The molecule has 0 heterocycles. The molecule has 0 aliphatic heterocycles. The predicted molar refractivity (Wildman–Crippen MR) is 144 cm³/mol. The van der Waals surface area contributed by atoms with Crippen LogP contribution in [0.25, 0.3) is 10.8 Å². The molecule has 3 N–H and O–H groups in total. The first-order chi connectivity index (χ1) is 17.0. The first-order valence-electron chi connectivity index (χ1n) is 13.3. The Balaban J connectivity index is 1.67. The molecule has 6 nitrogen and oxygen atoms in total. The lowest BCUT2D eigenvalue weighted by molar-refractivity contribution is -0.115. The maximum absolute atomic E-state index is 12.9. The molecule has 0 spiro atoms. The van der Waals surface area contributed by atoms with Crippen molar-refractivity contribution in [2.75, 3.05) is 13.1 Å². The smallest absolute Gasteiger partial charge is 0.240 e. The van der Waals surface area contributed by atoms with Gasteiger partial charge in [-0.25, -0.2) is 13.1 Å². The Kier molecular flexibility index (Phi) is 14.1. The molecule has 35 heavy (non-hydrogen) atoms. The van der Waals surface area contributed by atoms with E-state index in [0.29, 0.717) is 6.29 Å². The van der Waals surface area contributed by atoms with E-state index in [0.717, 1.165) is 30.2 Å². The van der Waals surface area contributed by atoms with Gasteiger partial charge in [-0.2, -0.15) is 0 Å². The van der Waals surface area contributed by atoms with Crippen LogP contribution in [0.4, 0.5) is 0 Å². The third-order valence-electron chi connectivity index (χ3n) is 6.46. The summed E-state index contributed by atoms with van der Waals surface area (Å²) in [6.07, 6.45) is 14.3. The summed E-state index contributed by atoms with van der Waals surface area (Å²) in [6, 6.07) is 11.5. The molecule has 0 unspecified atom stereocenters. The molecular weight excluding hydrogens is 460 g/mol. The highest BCUT2D eigenvalue weighted by molar-refractivity contribution is 7.89. The van der Waals surface area contributed by atoms with Gasteiger partial charge in [0.1, 0.15) is 12.4 Å². The van der Waals surface area contributed by atoms with Crippen LogP contribution in [-0.4, -0.2) is 45.0 Å². The summed E-state index contributed by atoms with van der Waals surface area (Å²) in [5.74, 6) is 0. The van der Waals surface area contributed by atoms with Gasteiger partial charge in [-0.05, 0) is 35.9 Å². The fraction of sp³-hybridized carbons (Fsp3) is 0.607. The van der Waals surface area contributed by atoms with Gasteiger partial charge in [0.15, 0.2) is 0 Å². The standard InChI is InChI=1S/C28H44N2O4S/c1-2-3-4-5-6-7-8-9-10-11-12-15-20-29-22-27(28(32)23-31)30-35(33,34)26-19-18-24-16-13-14-17-25(24)21-26/h13-14,16-19,21,23,27-30,32H,2-12,15,20,22H2,1H3/t27-,28-/m0/s1. The number of aliphatic hydroxyl groups excluding tert-OH is 1. The van der Waals surface area contributed by atoms with Crippen molar-refractivity contribution in [1.82, 2.24) is 10.0 Å². The van der Waals surface area contributed by atoms with Gasteiger partial charge in [0, 0.05) is 6.54 Å². The third-order valence-corrected chi connectivity index (χ3v) is 7.95. The number of fused-ring (bicyclic) bond motifs is 1. The average Bonchev–Trinajstić information content (AvgIpc) is 2.87. The Morgan fingerprint density at radius 2 is 1.40 bits per heavy atom. The number of hydrogen-bond donors (Lipinski definition) is 3. The van der Waals surface area contributed by atoms with Crippen molar-refractivity contribution >= 4 is 27.1 Å². The molecule has 2 atom stereocenters. The largest absolute Gasteiger partial charge is 0.384 e. The number of aldehydes is 1. The second-order valence-electron chi connectivity index (χ2n) is 9.46. The van der Waals surface area contributed by atoms with Crippen LogP contribution >= 0.6 is 0 Å². The zero-order valence-corrected chi connectivity index (χ0v) is 22.1. The fourth-order valence-electron chi connectivity index (χ4n) is 4.28. The minimum atomic E-state index is -3.88. The van der Waals surface area contributed by atoms with E-state index in [4.69, 9.17) is 0 Å². The topological polar surface area (TPSA) is 95.5 Å². The highest BCUT2D eigenvalue weighted by atomic mass is 32.2. The van der Waals surface area contributed by atoms with Crippen molar-refractivity contribution in [3.05, 3.63) is 42.5 Å². The molecule has 0 aliphatic carbocycles. The summed E-state index contributed by atoms with van der Waals surface area (Å²) in [5.41, 5.74) is 0. The molecule has 0 fully saturated rings. The quantitative estimate of drug-likeness (QED) is 0.167. The Bertz CT molecular complexity index is 964. The Labute approximate surface area is 211 Å². The van der Waals surface area contributed by atoms with Gasteiger partial charge in [-0.1, -0.05) is 108 Å². The number of aliphatic hydroxyl groups is 1. The summed E-state index contributed by atoms with van der Waals surface area (Å²) in [7, 11) is -3.88. The van der Waals surface area contributed by atoms with Gasteiger partial charge in [0.2, 0.25) is 10.0 Å². The van der Waals surface area contributed by atoms with E-state index >= 15 is 0 Å². The zero-order valence-electron chi connectivity index (χ0n) is 21.3. The SMILES string of the molecule is CCCCCCCCCCCCCCNC[C@H](NS(=O)(=O)c1ccc2ccccc2c1)[C@@H](O)C=O. The summed E-state index contributed by atoms with van der Waals surface area (Å²) >= 11 is 0. The van der Waals surface area contributed by atoms with Crippen LogP contribution < -0.4 is 10.0 Å². The van der Waals surface area contributed by atoms with Crippen molar-refractivity contribution in [3.8, 4) is 0 Å². The van der Waals surface area contributed by atoms with Gasteiger partial charge in [-0.15, -0.1) is 0 Å². The lowest BCUT2D eigenvalue weighted by Gasteiger charge is -2.21. The monoisotopic (exact) mass is 504 g/mol. The van der Waals surface area contributed by atoms with Gasteiger partial charge in [0.25, 0.3) is 0 Å². The average molecular weight is 505 g/mol. The second-order valence-corrected chi connectivity index (χ2v) is 11.2. The molecule has 0 saturated heterocycles. The van der Waals surface area contributed by atoms with Gasteiger partial charge < -0.3 is 15.2 Å². The molecule has 0 aliphatic rings. The van der Waals surface area contributed by atoms with Crippen molar-refractivity contribution in [2.45, 2.75) is 101 Å². The zero-order chi connectivity index (χ0) is 25.4. The van der Waals surface area contributed by atoms with Gasteiger partial charge >= 0.3 is 0 Å². The van der Waals surface area contributed by atoms with E-state index in [-0.39, 0.29) is 11.4 Å². The van der Waals surface area contributed by atoms with Crippen LogP contribution in [0.2, 0.25) is 0 Å². The fourth-order valence-corrected chi connectivity index (χ4v) is 5.56. The highest BCUT2D eigenvalue weighted by Crippen LogP contribution is 2.19. The van der Waals surface area contributed by atoms with E-state index < -0.39 is 22.2 Å². The Hall–Kier alpha value is -1.80. The minimum absolute atomic E-state index is 0.111. The lowest BCUT2D eigenvalue weighted by Crippen LogP contribution is -2.50. The molecule has 0 aromatic heterocycles. The van der Waals surface area contributed by atoms with Crippen LogP contribution in [0, 0.1) is 0 Å². The van der Waals surface area contributed by atoms with Gasteiger partial charge in [-0.3, -0.25) is 0 Å². The van der Waals surface area contributed by atoms with Gasteiger partial charge in [0.05, 0.1) is 10.9 Å². The van der Waals surface area contributed by atoms with Crippen molar-refractivity contribution in [2.24, 2.45) is 0 Å². The normalized spacial score (nSPS) is 13.7. The molecule has 196 valence electrons. The number of sulfonamides is 1. The summed E-state index contributed by atoms with van der Waals surface area (Å²) in [5, 5.41) is 15.0. The summed E-state index contributed by atoms with van der Waals surface area (Å²) in [6.45, 7) is 3.15. The Morgan fingerprint density at radius 1 is 0.829 bits per heavy atom. The Morgan fingerprint density at radius 3 is 2.00 bits per heavy atom. The van der Waals surface area contributed by atoms with E-state index in [1.54, 1.807) is 12.1 Å². The maximum atomic E-state index is 12.9. The van der Waals surface area contributed by atoms with Crippen LogP contribution in [0.5, 0.6) is 0 Å². The summed E-state index contributed by atoms with van der Waals surface area (Å²) < 4.78 is 28.3. The maximum Gasteiger partial charge on any atom is 0.240 e. The minimum Gasteiger partial charge on any atom is -0.384 e. The number of rotatable bonds is 20. The van der Waals surface area contributed by atoms with E-state index in [1.165, 1.54) is 70.3 Å². The summed E-state index contributed by atoms with van der Waals surface area (Å²) in [4.78, 5) is 11.3. The van der Waals surface area contributed by atoms with Crippen LogP contribution in [0.1, 0.15) is 84.0 Å². The number of carbonyl (C=O) groups excluding carboxylic acids is 1. The number of benzene rings is 2. The molecular formula is C28H44N2O4S. The molecule has 0 amide bonds. The van der Waals surface area contributed by atoms with Crippen LogP contribution in [0.3, 0.4) is 0 Å². The van der Waals surface area contributed by atoms with E-state index in [1.807, 2.05) is 24.3 Å². The van der Waals surface area contributed by atoms with Crippen molar-refractivity contribution in [3.63, 3.8) is 0 Å². The van der Waals surface area contributed by atoms with E-state index in [2.05, 4.69) is 17.0 Å². The molecule has 0 bridgehead atoms. The number of carbonyl (C=O) groups is 1. The first kappa shape index (κ1) is 29.4. The third kappa shape index (κ3) is 11.2. The van der Waals surface area contributed by atoms with Crippen LogP contribution in [-0.2, 0) is 14.8 Å². The number of unbranched alkanes of at least 4 members (excludes halogenated alkanes) is 11. The van der Waals surface area contributed by atoms with Crippen molar-refractivity contribution in [1.29, 1.82) is 0 Å². The van der Waals surface area contributed by atoms with E-state index in [9.17, 15) is 18.3 Å². The molecule has 2 aromatic rings. The molecule has 2 rings (SSSR count). The first-order valence-corrected chi connectivity index (χ1v) is 14.8. The number of hydrogen-bond acceptors (Lipinski definition) is 5. The van der Waals surface area contributed by atoms with Crippen molar-refractivity contribution < 1.29 is 18.3 Å². The predicted octanol–water partition coefficient (Wildman–Crippen LogP) is 5.34. The van der Waals surface area contributed by atoms with Crippen LogP contribution in [0.15, 0.2) is 47.4 Å². The molecule has 2 aromatic carbocycles. The molecule has 0 saturated carbocycles.